The highest BCUT2D eigenvalue weighted by molar-refractivity contribution is 5.28. The van der Waals surface area contributed by atoms with Crippen LogP contribution in [-0.4, -0.2) is 17.8 Å². The lowest BCUT2D eigenvalue weighted by Crippen LogP contribution is -2.30. The van der Waals surface area contributed by atoms with E-state index in [9.17, 15) is 0 Å². The van der Waals surface area contributed by atoms with E-state index >= 15 is 0 Å². The fraction of sp³-hybridized carbons (Fsp3) is 0.600. The van der Waals surface area contributed by atoms with Crippen molar-refractivity contribution >= 4 is 0 Å². The molecule has 2 unspecified atom stereocenters. The van der Waals surface area contributed by atoms with Gasteiger partial charge < -0.3 is 10.8 Å². The minimum Gasteiger partial charge on any atom is -0.392 e. The molecule has 3 N–H and O–H groups in total. The standard InChI is InChI=1S/C10H15NO/c11-10-4-1-7(6-12)5-9(10)8-2-3-8/h1,4-5,8-10,12H,2-3,6,11H2. The molecule has 2 aliphatic carbocycles. The zero-order chi connectivity index (χ0) is 8.55. The number of rotatable bonds is 2. The largest absolute Gasteiger partial charge is 0.392 e. The van der Waals surface area contributed by atoms with Crippen LogP contribution < -0.4 is 5.73 Å². The predicted molar refractivity (Wildman–Crippen MR) is 48.5 cm³/mol. The molecule has 0 spiro atoms. The second kappa shape index (κ2) is 3.04. The first kappa shape index (κ1) is 8.02. The van der Waals surface area contributed by atoms with Crippen LogP contribution in [0.4, 0.5) is 0 Å². The Kier molecular flexibility index (Phi) is 2.03. The summed E-state index contributed by atoms with van der Waals surface area (Å²) in [4.78, 5) is 0. The molecule has 2 rings (SSSR count). The maximum atomic E-state index is 8.94. The molecule has 0 aliphatic heterocycles. The first-order valence-electron chi connectivity index (χ1n) is 4.56. The Balaban J connectivity index is 2.10. The van der Waals surface area contributed by atoms with E-state index in [0.29, 0.717) is 5.92 Å². The number of aliphatic hydroxyl groups excluding tert-OH is 1. The molecule has 2 aliphatic rings. The van der Waals surface area contributed by atoms with Gasteiger partial charge in [0.1, 0.15) is 0 Å². The molecule has 2 atom stereocenters. The Labute approximate surface area is 72.8 Å². The zero-order valence-corrected chi connectivity index (χ0v) is 7.11. The average molecular weight is 165 g/mol. The fourth-order valence-corrected chi connectivity index (χ4v) is 1.81. The second-order valence-corrected chi connectivity index (χ2v) is 3.75. The summed E-state index contributed by atoms with van der Waals surface area (Å²) < 4.78 is 0. The fourth-order valence-electron chi connectivity index (χ4n) is 1.81. The summed E-state index contributed by atoms with van der Waals surface area (Å²) in [6.07, 6.45) is 8.70. The van der Waals surface area contributed by atoms with Gasteiger partial charge in [0, 0.05) is 6.04 Å². The Morgan fingerprint density at radius 2 is 2.25 bits per heavy atom. The molecule has 12 heavy (non-hydrogen) atoms. The first-order chi connectivity index (χ1) is 5.81. The molecule has 0 aromatic rings. The summed E-state index contributed by atoms with van der Waals surface area (Å²) in [5.74, 6) is 1.27. The molecule has 0 heterocycles. The molecule has 0 amide bonds. The van der Waals surface area contributed by atoms with E-state index in [0.717, 1.165) is 11.5 Å². The molecule has 0 radical (unpaired) electrons. The van der Waals surface area contributed by atoms with Crippen LogP contribution >= 0.6 is 0 Å². The van der Waals surface area contributed by atoms with Crippen LogP contribution in [0.2, 0.25) is 0 Å². The third kappa shape index (κ3) is 1.45. The van der Waals surface area contributed by atoms with E-state index in [1.807, 2.05) is 12.2 Å². The number of hydrogen-bond acceptors (Lipinski definition) is 2. The van der Waals surface area contributed by atoms with Gasteiger partial charge in [-0.2, -0.15) is 0 Å². The smallest absolute Gasteiger partial charge is 0.0678 e. The van der Waals surface area contributed by atoms with Crippen LogP contribution in [-0.2, 0) is 0 Å². The predicted octanol–water partition coefficient (Wildman–Crippen LogP) is 0.828. The molecular weight excluding hydrogens is 150 g/mol. The Morgan fingerprint density at radius 1 is 1.50 bits per heavy atom. The van der Waals surface area contributed by atoms with Gasteiger partial charge in [0.05, 0.1) is 6.61 Å². The van der Waals surface area contributed by atoms with Gasteiger partial charge in [-0.25, -0.2) is 0 Å². The lowest BCUT2D eigenvalue weighted by atomic mass is 9.88. The summed E-state index contributed by atoms with van der Waals surface area (Å²) in [6, 6.07) is 0.174. The van der Waals surface area contributed by atoms with Gasteiger partial charge >= 0.3 is 0 Å². The summed E-state index contributed by atoms with van der Waals surface area (Å²) in [5, 5.41) is 8.94. The van der Waals surface area contributed by atoms with Crippen molar-refractivity contribution in [3.63, 3.8) is 0 Å². The van der Waals surface area contributed by atoms with Gasteiger partial charge in [-0.1, -0.05) is 18.2 Å². The van der Waals surface area contributed by atoms with E-state index in [4.69, 9.17) is 10.8 Å². The van der Waals surface area contributed by atoms with E-state index in [-0.39, 0.29) is 12.6 Å². The third-order valence-corrected chi connectivity index (χ3v) is 2.73. The molecule has 2 heteroatoms. The SMILES string of the molecule is NC1C=CC(CO)=CC1C1CC1. The van der Waals surface area contributed by atoms with Crippen molar-refractivity contribution < 1.29 is 5.11 Å². The molecule has 0 bridgehead atoms. The maximum Gasteiger partial charge on any atom is 0.0678 e. The van der Waals surface area contributed by atoms with Gasteiger partial charge in [0.15, 0.2) is 0 Å². The molecular formula is C10H15NO. The maximum absolute atomic E-state index is 8.94. The van der Waals surface area contributed by atoms with E-state index in [2.05, 4.69) is 6.08 Å². The van der Waals surface area contributed by atoms with Gasteiger partial charge in [0.2, 0.25) is 0 Å². The van der Waals surface area contributed by atoms with Crippen molar-refractivity contribution in [2.45, 2.75) is 18.9 Å². The van der Waals surface area contributed by atoms with Crippen LogP contribution in [0.3, 0.4) is 0 Å². The van der Waals surface area contributed by atoms with Crippen LogP contribution in [0, 0.1) is 11.8 Å². The lowest BCUT2D eigenvalue weighted by Gasteiger charge is -2.22. The van der Waals surface area contributed by atoms with E-state index in [1.165, 1.54) is 12.8 Å². The monoisotopic (exact) mass is 165 g/mol. The lowest BCUT2D eigenvalue weighted by molar-refractivity contribution is 0.331. The van der Waals surface area contributed by atoms with E-state index in [1.54, 1.807) is 0 Å². The summed E-state index contributed by atoms with van der Waals surface area (Å²) in [6.45, 7) is 0.145. The summed E-state index contributed by atoms with van der Waals surface area (Å²) >= 11 is 0. The molecule has 2 nitrogen and oxygen atoms in total. The minimum atomic E-state index is 0.145. The first-order valence-corrected chi connectivity index (χ1v) is 4.56. The van der Waals surface area contributed by atoms with Crippen LogP contribution in [0.5, 0.6) is 0 Å². The van der Waals surface area contributed by atoms with Crippen molar-refractivity contribution in [2.75, 3.05) is 6.61 Å². The number of nitrogens with two attached hydrogens (primary N) is 1. The van der Waals surface area contributed by atoms with E-state index < -0.39 is 0 Å². The van der Waals surface area contributed by atoms with Crippen molar-refractivity contribution in [3.05, 3.63) is 23.8 Å². The van der Waals surface area contributed by atoms with Crippen LogP contribution in [0.1, 0.15) is 12.8 Å². The van der Waals surface area contributed by atoms with Crippen LogP contribution in [0.15, 0.2) is 23.8 Å². The normalized spacial score (nSPS) is 35.0. The number of hydrogen-bond donors (Lipinski definition) is 2. The summed E-state index contributed by atoms with van der Waals surface area (Å²) in [5.41, 5.74) is 6.95. The van der Waals surface area contributed by atoms with Crippen molar-refractivity contribution in [1.82, 2.24) is 0 Å². The molecule has 0 aromatic carbocycles. The average Bonchev–Trinajstić information content (AvgIpc) is 2.88. The van der Waals surface area contributed by atoms with Gasteiger partial charge in [0.25, 0.3) is 0 Å². The van der Waals surface area contributed by atoms with Crippen molar-refractivity contribution in [3.8, 4) is 0 Å². The highest BCUT2D eigenvalue weighted by atomic mass is 16.3. The van der Waals surface area contributed by atoms with Gasteiger partial charge in [-0.3, -0.25) is 0 Å². The Hall–Kier alpha value is -0.600. The second-order valence-electron chi connectivity index (χ2n) is 3.75. The highest BCUT2D eigenvalue weighted by Crippen LogP contribution is 2.40. The molecule has 1 saturated carbocycles. The number of aliphatic hydroxyl groups is 1. The van der Waals surface area contributed by atoms with Crippen molar-refractivity contribution in [1.29, 1.82) is 0 Å². The van der Waals surface area contributed by atoms with Crippen molar-refractivity contribution in [2.24, 2.45) is 17.6 Å². The topological polar surface area (TPSA) is 46.2 Å². The zero-order valence-electron chi connectivity index (χ0n) is 7.11. The molecule has 66 valence electrons. The molecule has 0 aromatic heterocycles. The third-order valence-electron chi connectivity index (χ3n) is 2.73. The Bertz CT molecular complexity index is 228. The molecule has 1 fully saturated rings. The quantitative estimate of drug-likeness (QED) is 0.636. The minimum absolute atomic E-state index is 0.145. The Morgan fingerprint density at radius 3 is 2.83 bits per heavy atom. The van der Waals surface area contributed by atoms with Crippen LogP contribution in [0.25, 0.3) is 0 Å². The highest BCUT2D eigenvalue weighted by Gasteiger charge is 2.33. The van der Waals surface area contributed by atoms with Gasteiger partial charge in [-0.05, 0) is 30.3 Å². The summed E-state index contributed by atoms with van der Waals surface area (Å²) in [7, 11) is 0. The molecule has 0 saturated heterocycles. The van der Waals surface area contributed by atoms with Gasteiger partial charge in [-0.15, -0.1) is 0 Å².